The molecule has 0 spiro atoms. The first-order chi connectivity index (χ1) is 10.0. The molecule has 0 saturated carbocycles. The number of nitrogens with one attached hydrogen (secondary N) is 2. The predicted molar refractivity (Wildman–Crippen MR) is 92.6 cm³/mol. The molecule has 1 atom stereocenters. The van der Waals surface area contributed by atoms with E-state index in [0.29, 0.717) is 6.54 Å². The van der Waals surface area contributed by atoms with Crippen molar-refractivity contribution in [3.8, 4) is 0 Å². The topological polar surface area (TPSA) is 73.8 Å². The van der Waals surface area contributed by atoms with Gasteiger partial charge in [0.2, 0.25) is 10.0 Å². The molecule has 130 valence electrons. The first-order valence-corrected chi connectivity index (χ1v) is 9.86. The van der Waals surface area contributed by atoms with E-state index < -0.39 is 15.6 Å². The third-order valence-corrected chi connectivity index (χ3v) is 4.68. The summed E-state index contributed by atoms with van der Waals surface area (Å²) in [6, 6.07) is 0. The first-order valence-electron chi connectivity index (χ1n) is 7.97. The van der Waals surface area contributed by atoms with Gasteiger partial charge in [0.15, 0.2) is 5.96 Å². The van der Waals surface area contributed by atoms with Crippen LogP contribution in [0.2, 0.25) is 0 Å². The van der Waals surface area contributed by atoms with E-state index >= 15 is 0 Å². The van der Waals surface area contributed by atoms with Gasteiger partial charge in [-0.15, -0.1) is 0 Å². The lowest BCUT2D eigenvalue weighted by molar-refractivity contribution is 0.395. The highest BCUT2D eigenvalue weighted by Gasteiger charge is 2.27. The average molecular weight is 333 g/mol. The average Bonchev–Trinajstić information content (AvgIpc) is 2.74. The number of guanidine groups is 1. The molecule has 22 heavy (non-hydrogen) atoms. The minimum absolute atomic E-state index is 0.498. The fraction of sp³-hybridized carbons (Fsp3) is 0.933. The van der Waals surface area contributed by atoms with Crippen molar-refractivity contribution < 1.29 is 8.42 Å². The van der Waals surface area contributed by atoms with Crippen LogP contribution in [0.5, 0.6) is 0 Å². The second-order valence-corrected chi connectivity index (χ2v) is 9.14. The SMILES string of the molecule is CN=C(NCC(C)(C)NS(C)(=O)=O)N1CCC(CC(C)C)C1. The minimum Gasteiger partial charge on any atom is -0.354 e. The molecular weight excluding hydrogens is 300 g/mol. The Kier molecular flexibility index (Phi) is 6.67. The molecule has 0 aliphatic carbocycles. The molecule has 1 heterocycles. The summed E-state index contributed by atoms with van der Waals surface area (Å²) < 4.78 is 25.4. The van der Waals surface area contributed by atoms with Crippen LogP contribution in [0.3, 0.4) is 0 Å². The molecule has 1 fully saturated rings. The fourth-order valence-electron chi connectivity index (χ4n) is 3.05. The maximum atomic E-state index is 11.4. The molecule has 0 aromatic heterocycles. The molecule has 1 aliphatic rings. The van der Waals surface area contributed by atoms with Crippen LogP contribution >= 0.6 is 0 Å². The van der Waals surface area contributed by atoms with Crippen molar-refractivity contribution in [2.45, 2.75) is 46.1 Å². The molecule has 7 heteroatoms. The van der Waals surface area contributed by atoms with E-state index in [1.807, 2.05) is 13.8 Å². The maximum Gasteiger partial charge on any atom is 0.209 e. The number of sulfonamides is 1. The van der Waals surface area contributed by atoms with Crippen LogP contribution in [-0.2, 0) is 10.0 Å². The second-order valence-electron chi connectivity index (χ2n) is 7.39. The Bertz CT molecular complexity index is 486. The molecule has 0 radical (unpaired) electrons. The number of rotatable bonds is 6. The van der Waals surface area contributed by atoms with Crippen molar-refractivity contribution >= 4 is 16.0 Å². The van der Waals surface area contributed by atoms with Crippen LogP contribution in [0.1, 0.15) is 40.5 Å². The summed E-state index contributed by atoms with van der Waals surface area (Å²) in [4.78, 5) is 6.60. The van der Waals surface area contributed by atoms with Gasteiger partial charge in [0, 0.05) is 32.2 Å². The van der Waals surface area contributed by atoms with Gasteiger partial charge < -0.3 is 10.2 Å². The van der Waals surface area contributed by atoms with Gasteiger partial charge in [-0.25, -0.2) is 13.1 Å². The van der Waals surface area contributed by atoms with Crippen LogP contribution in [0.4, 0.5) is 0 Å². The zero-order chi connectivity index (χ0) is 17.0. The van der Waals surface area contributed by atoms with Crippen molar-refractivity contribution in [3.05, 3.63) is 0 Å². The largest absolute Gasteiger partial charge is 0.354 e. The quantitative estimate of drug-likeness (QED) is 0.567. The molecule has 0 aromatic carbocycles. The molecule has 0 aromatic rings. The Balaban J connectivity index is 2.53. The molecule has 1 saturated heterocycles. The summed E-state index contributed by atoms with van der Waals surface area (Å²) in [5, 5.41) is 3.30. The van der Waals surface area contributed by atoms with Crippen LogP contribution in [0.15, 0.2) is 4.99 Å². The van der Waals surface area contributed by atoms with E-state index in [9.17, 15) is 8.42 Å². The number of hydrogen-bond donors (Lipinski definition) is 2. The minimum atomic E-state index is -3.22. The summed E-state index contributed by atoms with van der Waals surface area (Å²) in [7, 11) is -1.45. The highest BCUT2D eigenvalue weighted by molar-refractivity contribution is 7.88. The van der Waals surface area contributed by atoms with Gasteiger partial charge in [-0.1, -0.05) is 13.8 Å². The second kappa shape index (κ2) is 7.64. The predicted octanol–water partition coefficient (Wildman–Crippen LogP) is 1.26. The van der Waals surface area contributed by atoms with Gasteiger partial charge in [-0.05, 0) is 38.5 Å². The van der Waals surface area contributed by atoms with E-state index in [2.05, 4.69) is 33.8 Å². The molecule has 1 unspecified atom stereocenters. The Morgan fingerprint density at radius 1 is 1.41 bits per heavy atom. The van der Waals surface area contributed by atoms with Crippen LogP contribution < -0.4 is 10.0 Å². The first kappa shape index (κ1) is 19.2. The maximum absolute atomic E-state index is 11.4. The highest BCUT2D eigenvalue weighted by atomic mass is 32.2. The van der Waals surface area contributed by atoms with Gasteiger partial charge >= 0.3 is 0 Å². The normalized spacial score (nSPS) is 20.8. The zero-order valence-corrected chi connectivity index (χ0v) is 15.6. The summed E-state index contributed by atoms with van der Waals surface area (Å²) in [5.74, 6) is 2.30. The monoisotopic (exact) mass is 332 g/mol. The van der Waals surface area contributed by atoms with Gasteiger partial charge in [-0.2, -0.15) is 0 Å². The number of hydrogen-bond acceptors (Lipinski definition) is 3. The van der Waals surface area contributed by atoms with E-state index in [4.69, 9.17) is 0 Å². The summed E-state index contributed by atoms with van der Waals surface area (Å²) in [6.45, 7) is 10.8. The van der Waals surface area contributed by atoms with Crippen molar-refractivity contribution in [1.29, 1.82) is 0 Å². The Labute approximate surface area is 135 Å². The van der Waals surface area contributed by atoms with E-state index in [1.54, 1.807) is 7.05 Å². The number of aliphatic imine (C=N–C) groups is 1. The Hall–Kier alpha value is -0.820. The highest BCUT2D eigenvalue weighted by Crippen LogP contribution is 2.23. The number of nitrogens with zero attached hydrogens (tertiary/aromatic N) is 2. The molecule has 0 amide bonds. The molecule has 6 nitrogen and oxygen atoms in total. The Morgan fingerprint density at radius 2 is 2.05 bits per heavy atom. The van der Waals surface area contributed by atoms with Crippen LogP contribution in [-0.4, -0.2) is 57.8 Å². The van der Waals surface area contributed by atoms with Gasteiger partial charge in [-0.3, -0.25) is 4.99 Å². The fourth-order valence-corrected chi connectivity index (χ4v) is 4.13. The number of likely N-dealkylation sites (tertiary alicyclic amines) is 1. The summed E-state index contributed by atoms with van der Waals surface area (Å²) in [5.41, 5.74) is -0.555. The molecule has 2 N–H and O–H groups in total. The molecule has 1 rings (SSSR count). The standard InChI is InChI=1S/C15H32N4O2S/c1-12(2)9-13-7-8-19(10-13)14(16-5)17-11-15(3,4)18-22(6,20)21/h12-13,18H,7-11H2,1-6H3,(H,16,17). The smallest absolute Gasteiger partial charge is 0.209 e. The van der Waals surface area contributed by atoms with Crippen molar-refractivity contribution in [2.75, 3.05) is 32.9 Å². The van der Waals surface area contributed by atoms with Crippen molar-refractivity contribution in [1.82, 2.24) is 14.9 Å². The molecular formula is C15H32N4O2S. The third kappa shape index (κ3) is 6.96. The Morgan fingerprint density at radius 3 is 2.55 bits per heavy atom. The van der Waals surface area contributed by atoms with Gasteiger partial charge in [0.05, 0.1) is 6.26 Å². The summed E-state index contributed by atoms with van der Waals surface area (Å²) >= 11 is 0. The molecule has 1 aliphatic heterocycles. The van der Waals surface area contributed by atoms with Gasteiger partial charge in [0.25, 0.3) is 0 Å². The lowest BCUT2D eigenvalue weighted by Gasteiger charge is -2.29. The van der Waals surface area contributed by atoms with Crippen LogP contribution in [0, 0.1) is 11.8 Å². The van der Waals surface area contributed by atoms with E-state index in [-0.39, 0.29) is 0 Å². The third-order valence-electron chi connectivity index (χ3n) is 3.75. The molecule has 0 bridgehead atoms. The van der Waals surface area contributed by atoms with E-state index in [0.717, 1.165) is 30.9 Å². The summed E-state index contributed by atoms with van der Waals surface area (Å²) in [6.07, 6.45) is 3.62. The zero-order valence-electron chi connectivity index (χ0n) is 14.8. The lowest BCUT2D eigenvalue weighted by atomic mass is 9.97. The van der Waals surface area contributed by atoms with E-state index in [1.165, 1.54) is 19.1 Å². The lowest BCUT2D eigenvalue weighted by Crippen LogP contribution is -2.53. The van der Waals surface area contributed by atoms with Gasteiger partial charge in [0.1, 0.15) is 0 Å². The van der Waals surface area contributed by atoms with Crippen LogP contribution in [0.25, 0.3) is 0 Å². The van der Waals surface area contributed by atoms with Crippen molar-refractivity contribution in [3.63, 3.8) is 0 Å². The van der Waals surface area contributed by atoms with Crippen molar-refractivity contribution in [2.24, 2.45) is 16.8 Å².